The van der Waals surface area contributed by atoms with Crippen molar-refractivity contribution in [2.45, 2.75) is 25.8 Å². The minimum atomic E-state index is -0.321. The number of ether oxygens (including phenoxy) is 1. The van der Waals surface area contributed by atoms with E-state index in [1.165, 1.54) is 47.7 Å². The van der Waals surface area contributed by atoms with Crippen molar-refractivity contribution in [1.29, 1.82) is 0 Å². The van der Waals surface area contributed by atoms with E-state index in [4.69, 9.17) is 4.74 Å². The van der Waals surface area contributed by atoms with E-state index in [1.807, 2.05) is 23.6 Å². The van der Waals surface area contributed by atoms with Crippen molar-refractivity contribution >= 4 is 23.1 Å². The fourth-order valence-electron chi connectivity index (χ4n) is 3.36. The molecule has 0 saturated carbocycles. The number of piperidine rings is 1. The number of hydrogen-bond acceptors (Lipinski definition) is 8. The van der Waals surface area contributed by atoms with Crippen LogP contribution < -0.4 is 20.5 Å². The molecule has 9 nitrogen and oxygen atoms in total. The molecule has 0 aromatic carbocycles. The molecule has 0 unspecified atom stereocenters. The van der Waals surface area contributed by atoms with Crippen LogP contribution in [0.3, 0.4) is 0 Å². The van der Waals surface area contributed by atoms with E-state index in [-0.39, 0.29) is 24.6 Å². The maximum Gasteiger partial charge on any atom is 0.267 e. The quantitative estimate of drug-likeness (QED) is 0.534. The van der Waals surface area contributed by atoms with Gasteiger partial charge in [-0.1, -0.05) is 6.07 Å². The number of thiophene rings is 1. The standard InChI is InChI=1S/C21H24N6O3S/c28-19(14-27-21(29)7-6-16(25-27)17-5-4-12-31-17)22-8-11-30-20-13-18(23-15-24-20)26-9-2-1-3-10-26/h4-7,12-13,15H,1-3,8-11,14H2,(H,22,28). The fraction of sp³-hybridized carbons (Fsp3) is 0.381. The summed E-state index contributed by atoms with van der Waals surface area (Å²) in [7, 11) is 0. The number of carbonyl (C=O) groups excluding carboxylic acids is 1. The lowest BCUT2D eigenvalue weighted by atomic mass is 10.1. The second-order valence-electron chi connectivity index (χ2n) is 7.15. The Bertz CT molecular complexity index is 1060. The summed E-state index contributed by atoms with van der Waals surface area (Å²) in [5.41, 5.74) is 0.344. The molecular formula is C21H24N6O3S. The Hall–Kier alpha value is -3.27. The van der Waals surface area contributed by atoms with Gasteiger partial charge in [-0.3, -0.25) is 9.59 Å². The molecule has 4 heterocycles. The summed E-state index contributed by atoms with van der Waals surface area (Å²) in [5.74, 6) is 1.04. The maximum atomic E-state index is 12.2. The first-order chi connectivity index (χ1) is 15.2. The number of nitrogens with one attached hydrogen (secondary N) is 1. The van der Waals surface area contributed by atoms with Crippen LogP contribution in [-0.4, -0.2) is 51.9 Å². The molecule has 162 valence electrons. The molecule has 0 aliphatic carbocycles. The molecule has 3 aromatic heterocycles. The largest absolute Gasteiger partial charge is 0.476 e. The Morgan fingerprint density at radius 3 is 2.84 bits per heavy atom. The van der Waals surface area contributed by atoms with E-state index in [2.05, 4.69) is 25.3 Å². The van der Waals surface area contributed by atoms with Gasteiger partial charge in [-0.25, -0.2) is 14.6 Å². The zero-order valence-electron chi connectivity index (χ0n) is 17.1. The lowest BCUT2D eigenvalue weighted by Crippen LogP contribution is -2.35. The SMILES string of the molecule is O=C(Cn1nc(-c2cccs2)ccc1=O)NCCOc1cc(N2CCCCC2)ncn1. The number of aromatic nitrogens is 4. The lowest BCUT2D eigenvalue weighted by Gasteiger charge is -2.27. The first-order valence-electron chi connectivity index (χ1n) is 10.3. The molecule has 3 aromatic rings. The van der Waals surface area contributed by atoms with Crippen LogP contribution in [0, 0.1) is 0 Å². The third-order valence-corrected chi connectivity index (χ3v) is 5.81. The van der Waals surface area contributed by atoms with E-state index in [0.717, 1.165) is 23.8 Å². The molecule has 0 bridgehead atoms. The Morgan fingerprint density at radius 1 is 1.16 bits per heavy atom. The van der Waals surface area contributed by atoms with Crippen LogP contribution in [-0.2, 0) is 11.3 Å². The van der Waals surface area contributed by atoms with Gasteiger partial charge in [0.05, 0.1) is 11.4 Å². The van der Waals surface area contributed by atoms with Crippen LogP contribution in [0.5, 0.6) is 5.88 Å². The molecule has 1 saturated heterocycles. The van der Waals surface area contributed by atoms with E-state index in [0.29, 0.717) is 18.1 Å². The summed E-state index contributed by atoms with van der Waals surface area (Å²) in [5, 5.41) is 8.97. The highest BCUT2D eigenvalue weighted by molar-refractivity contribution is 7.13. The first-order valence-corrected chi connectivity index (χ1v) is 11.2. The Morgan fingerprint density at radius 2 is 2.03 bits per heavy atom. The summed E-state index contributed by atoms with van der Waals surface area (Å²) >= 11 is 1.53. The van der Waals surface area contributed by atoms with Gasteiger partial charge in [0.15, 0.2) is 0 Å². The number of anilines is 1. The Balaban J connectivity index is 1.26. The summed E-state index contributed by atoms with van der Waals surface area (Å²) < 4.78 is 6.82. The van der Waals surface area contributed by atoms with Gasteiger partial charge in [0.1, 0.15) is 31.0 Å². The van der Waals surface area contributed by atoms with Crippen LogP contribution in [0.1, 0.15) is 19.3 Å². The topological polar surface area (TPSA) is 102 Å². The average Bonchev–Trinajstić information content (AvgIpc) is 3.34. The van der Waals surface area contributed by atoms with Gasteiger partial charge in [0, 0.05) is 25.2 Å². The normalized spacial score (nSPS) is 13.7. The molecule has 1 N–H and O–H groups in total. The average molecular weight is 441 g/mol. The van der Waals surface area contributed by atoms with Crippen molar-refractivity contribution in [2.75, 3.05) is 31.1 Å². The van der Waals surface area contributed by atoms with Crippen molar-refractivity contribution in [3.8, 4) is 16.5 Å². The summed E-state index contributed by atoms with van der Waals surface area (Å²) in [6, 6.07) is 8.75. The molecule has 31 heavy (non-hydrogen) atoms. The number of hydrogen-bond donors (Lipinski definition) is 1. The van der Waals surface area contributed by atoms with Gasteiger partial charge >= 0.3 is 0 Å². The summed E-state index contributed by atoms with van der Waals surface area (Å²) in [4.78, 5) is 35.9. The molecule has 0 atom stereocenters. The van der Waals surface area contributed by atoms with E-state index in [9.17, 15) is 9.59 Å². The van der Waals surface area contributed by atoms with E-state index < -0.39 is 0 Å². The molecule has 0 radical (unpaired) electrons. The van der Waals surface area contributed by atoms with Crippen LogP contribution in [0.15, 0.2) is 46.8 Å². The van der Waals surface area contributed by atoms with Gasteiger partial charge in [-0.05, 0) is 36.8 Å². The van der Waals surface area contributed by atoms with E-state index in [1.54, 1.807) is 6.07 Å². The number of rotatable bonds is 8. The van der Waals surface area contributed by atoms with Crippen LogP contribution in [0.4, 0.5) is 5.82 Å². The zero-order valence-corrected chi connectivity index (χ0v) is 17.9. The molecule has 0 spiro atoms. The molecule has 10 heteroatoms. The number of carbonyl (C=O) groups is 1. The number of nitrogens with zero attached hydrogens (tertiary/aromatic N) is 5. The molecule has 1 amide bonds. The Labute approximate surface area is 183 Å². The second kappa shape index (κ2) is 10.2. The number of amides is 1. The minimum Gasteiger partial charge on any atom is -0.476 e. The third kappa shape index (κ3) is 5.66. The monoisotopic (exact) mass is 440 g/mol. The minimum absolute atomic E-state index is 0.148. The molecular weight excluding hydrogens is 416 g/mol. The predicted octanol–water partition coefficient (Wildman–Crippen LogP) is 1.95. The van der Waals surface area contributed by atoms with Crippen molar-refractivity contribution in [3.63, 3.8) is 0 Å². The van der Waals surface area contributed by atoms with Crippen molar-refractivity contribution in [3.05, 3.63) is 52.4 Å². The lowest BCUT2D eigenvalue weighted by molar-refractivity contribution is -0.122. The molecule has 1 aliphatic rings. The molecule has 1 fully saturated rings. The maximum absolute atomic E-state index is 12.2. The van der Waals surface area contributed by atoms with Crippen LogP contribution in [0.2, 0.25) is 0 Å². The molecule has 1 aliphatic heterocycles. The highest BCUT2D eigenvalue weighted by Crippen LogP contribution is 2.21. The smallest absolute Gasteiger partial charge is 0.267 e. The second-order valence-corrected chi connectivity index (χ2v) is 8.10. The van der Waals surface area contributed by atoms with Gasteiger partial charge in [0.25, 0.3) is 5.56 Å². The molecule has 4 rings (SSSR count). The van der Waals surface area contributed by atoms with E-state index >= 15 is 0 Å². The van der Waals surface area contributed by atoms with Crippen molar-refractivity contribution in [1.82, 2.24) is 25.1 Å². The zero-order chi connectivity index (χ0) is 21.5. The van der Waals surface area contributed by atoms with Crippen molar-refractivity contribution in [2.24, 2.45) is 0 Å². The van der Waals surface area contributed by atoms with Crippen molar-refractivity contribution < 1.29 is 9.53 Å². The van der Waals surface area contributed by atoms with Gasteiger partial charge < -0.3 is 15.0 Å². The first kappa shape index (κ1) is 21.0. The predicted molar refractivity (Wildman–Crippen MR) is 118 cm³/mol. The summed E-state index contributed by atoms with van der Waals surface area (Å²) in [6.45, 7) is 2.40. The van der Waals surface area contributed by atoms with Crippen LogP contribution >= 0.6 is 11.3 Å². The van der Waals surface area contributed by atoms with Gasteiger partial charge in [-0.15, -0.1) is 11.3 Å². The highest BCUT2D eigenvalue weighted by Gasteiger charge is 2.13. The van der Waals surface area contributed by atoms with Gasteiger partial charge in [0.2, 0.25) is 11.8 Å². The summed E-state index contributed by atoms with van der Waals surface area (Å²) in [6.07, 6.45) is 5.09. The highest BCUT2D eigenvalue weighted by atomic mass is 32.1. The van der Waals surface area contributed by atoms with Gasteiger partial charge in [-0.2, -0.15) is 5.10 Å². The van der Waals surface area contributed by atoms with Crippen LogP contribution in [0.25, 0.3) is 10.6 Å². The fourth-order valence-corrected chi connectivity index (χ4v) is 4.05. The Kier molecular flexibility index (Phi) is 6.88. The third-order valence-electron chi connectivity index (χ3n) is 4.92.